The first kappa shape index (κ1) is 12.0. The number of piperidine rings is 1. The molecule has 0 aliphatic carbocycles. The lowest BCUT2D eigenvalue weighted by Crippen LogP contribution is -2.50. The van der Waals surface area contributed by atoms with Crippen LogP contribution in [0.25, 0.3) is 0 Å². The van der Waals surface area contributed by atoms with E-state index in [9.17, 15) is 0 Å². The van der Waals surface area contributed by atoms with Gasteiger partial charge in [-0.3, -0.25) is 0 Å². The van der Waals surface area contributed by atoms with Gasteiger partial charge in [-0.25, -0.2) is 0 Å². The Labute approximate surface area is 78.4 Å². The lowest BCUT2D eigenvalue weighted by Gasteiger charge is -2.40. The second kappa shape index (κ2) is 4.86. The Morgan fingerprint density at radius 2 is 2.08 bits per heavy atom. The second-order valence-electron chi connectivity index (χ2n) is 4.50. The van der Waals surface area contributed by atoms with Gasteiger partial charge in [-0.05, 0) is 19.3 Å². The van der Waals surface area contributed by atoms with E-state index in [0.29, 0.717) is 0 Å². The minimum atomic E-state index is 0. The van der Waals surface area contributed by atoms with Gasteiger partial charge < -0.3 is 11.9 Å². The number of hydrogen-bond acceptors (Lipinski definition) is 0. The van der Waals surface area contributed by atoms with E-state index in [4.69, 9.17) is 0 Å². The minimum Gasteiger partial charge on any atom is -0.358 e. The third kappa shape index (κ3) is 3.14. The van der Waals surface area contributed by atoms with E-state index in [1.54, 1.807) is 0 Å². The molecule has 1 heterocycles. The van der Waals surface area contributed by atoms with Crippen molar-refractivity contribution >= 4 is 0 Å². The molecule has 2 atom stereocenters. The van der Waals surface area contributed by atoms with E-state index in [2.05, 4.69) is 20.9 Å². The van der Waals surface area contributed by atoms with E-state index >= 15 is 0 Å². The molecule has 12 heavy (non-hydrogen) atoms. The normalized spacial score (nSPS) is 35.8. The highest BCUT2D eigenvalue weighted by Crippen LogP contribution is 2.21. The molecule has 1 fully saturated rings. The van der Waals surface area contributed by atoms with Crippen molar-refractivity contribution in [2.75, 3.05) is 26.7 Å². The summed E-state index contributed by atoms with van der Waals surface area (Å²) in [4.78, 5) is 0. The van der Waals surface area contributed by atoms with Crippen molar-refractivity contribution in [2.45, 2.75) is 33.1 Å². The predicted molar refractivity (Wildman–Crippen MR) is 55.9 cm³/mol. The summed E-state index contributed by atoms with van der Waals surface area (Å²) < 4.78 is 1.33. The van der Waals surface area contributed by atoms with Crippen LogP contribution in [0.4, 0.5) is 0 Å². The lowest BCUT2D eigenvalue weighted by molar-refractivity contribution is -0.917. The number of likely N-dealkylation sites (tertiary alicyclic amines) is 1. The van der Waals surface area contributed by atoms with Gasteiger partial charge in [0.15, 0.2) is 0 Å². The lowest BCUT2D eigenvalue weighted by atomic mass is 9.98. The summed E-state index contributed by atoms with van der Waals surface area (Å²) >= 11 is 0. The van der Waals surface area contributed by atoms with E-state index in [1.807, 2.05) is 0 Å². The summed E-state index contributed by atoms with van der Waals surface area (Å²) in [6, 6.07) is 0. The smallest absolute Gasteiger partial charge is 0.0810 e. The van der Waals surface area contributed by atoms with Crippen LogP contribution in [0.2, 0.25) is 0 Å². The highest BCUT2D eigenvalue weighted by molar-refractivity contribution is 4.58. The van der Waals surface area contributed by atoms with Crippen molar-refractivity contribution < 1.29 is 4.48 Å². The summed E-state index contributed by atoms with van der Waals surface area (Å²) in [5.41, 5.74) is 0. The fourth-order valence-corrected chi connectivity index (χ4v) is 2.50. The van der Waals surface area contributed by atoms with Gasteiger partial charge in [-0.15, -0.1) is 0 Å². The summed E-state index contributed by atoms with van der Waals surface area (Å²) in [7, 11) is 2.42. The molecule has 0 aromatic carbocycles. The minimum absolute atomic E-state index is 0. The number of quaternary nitrogens is 1. The van der Waals surface area contributed by atoms with Gasteiger partial charge in [0.05, 0.1) is 26.7 Å². The van der Waals surface area contributed by atoms with Gasteiger partial charge in [0.2, 0.25) is 0 Å². The fourth-order valence-electron chi connectivity index (χ4n) is 2.50. The number of nitrogens with zero attached hydrogens (tertiary/aromatic N) is 1. The topological polar surface area (TPSA) is 0 Å². The van der Waals surface area contributed by atoms with Crippen LogP contribution in [0.5, 0.6) is 0 Å². The van der Waals surface area contributed by atoms with Gasteiger partial charge in [0.1, 0.15) is 0 Å². The highest BCUT2D eigenvalue weighted by Gasteiger charge is 2.27. The zero-order chi connectivity index (χ0) is 8.32. The van der Waals surface area contributed by atoms with E-state index in [0.717, 1.165) is 5.92 Å². The first-order valence-corrected chi connectivity index (χ1v) is 5.00. The Bertz CT molecular complexity index is 118. The first-order chi connectivity index (χ1) is 5.16. The van der Waals surface area contributed by atoms with Crippen LogP contribution >= 0.6 is 0 Å². The number of hydrogen-bond donors (Lipinski definition) is 0. The standard InChI is InChI=1S/C10H22N.CH3/c1-4-7-11(3)8-5-6-10(2)9-11;/h10H,4-9H2,1-3H3;1H3/q+1;-1. The zero-order valence-electron chi connectivity index (χ0n) is 9.27. The SMILES string of the molecule is CCC[N+]1(C)CCCC(C)C1.[CH3-]. The Morgan fingerprint density at radius 1 is 1.42 bits per heavy atom. The third-order valence-electron chi connectivity index (χ3n) is 2.91. The van der Waals surface area contributed by atoms with Crippen molar-refractivity contribution in [1.29, 1.82) is 0 Å². The van der Waals surface area contributed by atoms with Crippen molar-refractivity contribution in [3.8, 4) is 0 Å². The van der Waals surface area contributed by atoms with Crippen LogP contribution in [0, 0.1) is 13.3 Å². The van der Waals surface area contributed by atoms with E-state index in [-0.39, 0.29) is 7.43 Å². The molecule has 0 N–H and O–H groups in total. The van der Waals surface area contributed by atoms with Gasteiger partial charge in [0.25, 0.3) is 0 Å². The molecule has 1 saturated heterocycles. The molecule has 0 saturated carbocycles. The largest absolute Gasteiger partial charge is 0.358 e. The molecule has 2 unspecified atom stereocenters. The zero-order valence-corrected chi connectivity index (χ0v) is 9.27. The van der Waals surface area contributed by atoms with E-state index < -0.39 is 0 Å². The molecule has 74 valence electrons. The Kier molecular flexibility index (Phi) is 4.84. The van der Waals surface area contributed by atoms with Crippen LogP contribution in [0.1, 0.15) is 33.1 Å². The summed E-state index contributed by atoms with van der Waals surface area (Å²) in [6.07, 6.45) is 4.23. The Balaban J connectivity index is 0.00000121. The molecule has 1 aliphatic heterocycles. The maximum atomic E-state index is 2.42. The van der Waals surface area contributed by atoms with Crippen LogP contribution in [0.15, 0.2) is 0 Å². The molecule has 0 aromatic rings. The van der Waals surface area contributed by atoms with Crippen LogP contribution in [-0.4, -0.2) is 31.2 Å². The van der Waals surface area contributed by atoms with Crippen molar-refractivity contribution in [1.82, 2.24) is 0 Å². The van der Waals surface area contributed by atoms with Crippen LogP contribution in [0.3, 0.4) is 0 Å². The van der Waals surface area contributed by atoms with Crippen LogP contribution in [-0.2, 0) is 0 Å². The molecule has 0 bridgehead atoms. The Hall–Kier alpha value is -0.0400. The number of rotatable bonds is 2. The fraction of sp³-hybridized carbons (Fsp3) is 0.909. The average Bonchev–Trinajstić information content (AvgIpc) is 1.86. The summed E-state index contributed by atoms with van der Waals surface area (Å²) in [5, 5.41) is 0. The third-order valence-corrected chi connectivity index (χ3v) is 2.91. The van der Waals surface area contributed by atoms with Crippen molar-refractivity contribution in [2.24, 2.45) is 5.92 Å². The molecule has 1 heteroatoms. The summed E-state index contributed by atoms with van der Waals surface area (Å²) in [6.45, 7) is 8.89. The predicted octanol–water partition coefficient (Wildman–Crippen LogP) is 2.72. The Morgan fingerprint density at radius 3 is 2.58 bits per heavy atom. The molecule has 0 aromatic heterocycles. The average molecular weight is 171 g/mol. The molecule has 0 radical (unpaired) electrons. The highest BCUT2D eigenvalue weighted by atomic mass is 15.3. The van der Waals surface area contributed by atoms with Gasteiger partial charge in [-0.1, -0.05) is 13.8 Å². The van der Waals surface area contributed by atoms with Crippen molar-refractivity contribution in [3.05, 3.63) is 7.43 Å². The van der Waals surface area contributed by atoms with Crippen molar-refractivity contribution in [3.63, 3.8) is 0 Å². The molecular formula is C11H25N. The van der Waals surface area contributed by atoms with Gasteiger partial charge in [0, 0.05) is 5.92 Å². The molecule has 1 nitrogen and oxygen atoms in total. The molecule has 1 rings (SSSR count). The monoisotopic (exact) mass is 171 g/mol. The summed E-state index contributed by atoms with van der Waals surface area (Å²) in [5.74, 6) is 0.959. The van der Waals surface area contributed by atoms with Gasteiger partial charge >= 0.3 is 0 Å². The maximum absolute atomic E-state index is 2.42. The molecular weight excluding hydrogens is 146 g/mol. The molecule has 0 spiro atoms. The van der Waals surface area contributed by atoms with Crippen LogP contribution < -0.4 is 0 Å². The first-order valence-electron chi connectivity index (χ1n) is 5.00. The van der Waals surface area contributed by atoms with Gasteiger partial charge in [-0.2, -0.15) is 0 Å². The maximum Gasteiger partial charge on any atom is 0.0810 e. The molecule has 0 amide bonds. The molecule has 1 aliphatic rings. The van der Waals surface area contributed by atoms with E-state index in [1.165, 1.54) is 43.4 Å². The quantitative estimate of drug-likeness (QED) is 0.443. The second-order valence-corrected chi connectivity index (χ2v) is 4.50.